The van der Waals surface area contributed by atoms with Gasteiger partial charge in [-0.1, -0.05) is 0 Å². The Hall–Kier alpha value is 0.0300. The van der Waals surface area contributed by atoms with Crippen LogP contribution in [0.3, 0.4) is 0 Å². The molecule has 0 amide bonds. The van der Waals surface area contributed by atoms with Gasteiger partial charge >= 0.3 is 11.4 Å². The van der Waals surface area contributed by atoms with Gasteiger partial charge in [-0.2, -0.15) is 4.21 Å². The van der Waals surface area contributed by atoms with Crippen LogP contribution in [0.15, 0.2) is 0 Å². The molecular formula is C7H16O4S. The Morgan fingerprint density at radius 1 is 1.17 bits per heavy atom. The van der Waals surface area contributed by atoms with Crippen molar-refractivity contribution in [2.24, 2.45) is 0 Å². The van der Waals surface area contributed by atoms with Gasteiger partial charge in [0.05, 0.1) is 12.2 Å². The zero-order valence-electron chi connectivity index (χ0n) is 7.90. The Bertz CT molecular complexity index is 135. The number of hydrogen-bond donors (Lipinski definition) is 0. The first kappa shape index (κ1) is 12.0. The topological polar surface area (TPSA) is 44.8 Å². The van der Waals surface area contributed by atoms with E-state index >= 15 is 0 Å². The normalized spacial score (nSPS) is 14.2. The second kappa shape index (κ2) is 6.54. The highest BCUT2D eigenvalue weighted by atomic mass is 32.2. The molecule has 0 fully saturated rings. The zero-order chi connectivity index (χ0) is 9.56. The molecule has 0 aliphatic heterocycles. The third kappa shape index (κ3) is 8.13. The van der Waals surface area contributed by atoms with E-state index in [1.54, 1.807) is 13.8 Å². The van der Waals surface area contributed by atoms with Gasteiger partial charge < -0.3 is 4.74 Å². The predicted octanol–water partition coefficient (Wildman–Crippen LogP) is 1.39. The molecule has 0 radical (unpaired) electrons. The quantitative estimate of drug-likeness (QED) is 0.602. The lowest BCUT2D eigenvalue weighted by Gasteiger charge is -2.08. The Morgan fingerprint density at radius 3 is 2.17 bits per heavy atom. The standard InChI is InChI=1S/C7H16O4S/c1-6(2)9-5-10-12(8)11-7(3)4/h6-7H,5H2,1-4H3. The minimum atomic E-state index is -1.69. The van der Waals surface area contributed by atoms with Gasteiger partial charge in [-0.3, -0.25) is 4.18 Å². The molecule has 0 aliphatic carbocycles. The fraction of sp³-hybridized carbons (Fsp3) is 1.00. The second-order valence-corrected chi connectivity index (χ2v) is 3.64. The first-order chi connectivity index (χ1) is 5.52. The maximum absolute atomic E-state index is 10.8. The Balaban J connectivity index is 3.32. The first-order valence-corrected chi connectivity index (χ1v) is 4.86. The minimum Gasteiger partial charge on any atom is -0.351 e. The summed E-state index contributed by atoms with van der Waals surface area (Å²) in [6.45, 7) is 7.30. The lowest BCUT2D eigenvalue weighted by atomic mass is 10.5. The van der Waals surface area contributed by atoms with Crippen molar-refractivity contribution < 1.29 is 17.3 Å². The molecule has 0 rings (SSSR count). The maximum Gasteiger partial charge on any atom is 0.307 e. The fourth-order valence-corrected chi connectivity index (χ4v) is 0.892. The minimum absolute atomic E-state index is 0.00298. The Labute approximate surface area is 76.1 Å². The average Bonchev–Trinajstić information content (AvgIpc) is 1.84. The molecule has 4 nitrogen and oxygen atoms in total. The molecule has 0 bridgehead atoms. The van der Waals surface area contributed by atoms with E-state index in [1.807, 2.05) is 13.8 Å². The molecule has 0 saturated heterocycles. The molecule has 0 N–H and O–H groups in total. The Morgan fingerprint density at radius 2 is 1.75 bits per heavy atom. The van der Waals surface area contributed by atoms with Crippen molar-refractivity contribution in [1.82, 2.24) is 0 Å². The highest BCUT2D eigenvalue weighted by molar-refractivity contribution is 7.75. The van der Waals surface area contributed by atoms with Crippen LogP contribution in [-0.2, 0) is 24.5 Å². The lowest BCUT2D eigenvalue weighted by Crippen LogP contribution is -2.13. The van der Waals surface area contributed by atoms with Crippen molar-refractivity contribution in [1.29, 1.82) is 0 Å². The van der Waals surface area contributed by atoms with Crippen LogP contribution in [0, 0.1) is 0 Å². The third-order valence-electron chi connectivity index (χ3n) is 0.817. The number of hydrogen-bond acceptors (Lipinski definition) is 4. The molecule has 12 heavy (non-hydrogen) atoms. The van der Waals surface area contributed by atoms with E-state index in [1.165, 1.54) is 0 Å². The van der Waals surface area contributed by atoms with Crippen molar-refractivity contribution in [3.05, 3.63) is 0 Å². The average molecular weight is 196 g/mol. The molecule has 1 unspecified atom stereocenters. The third-order valence-corrected chi connectivity index (χ3v) is 1.65. The summed E-state index contributed by atoms with van der Waals surface area (Å²) in [6, 6.07) is 0. The summed E-state index contributed by atoms with van der Waals surface area (Å²) in [5.74, 6) is 0. The van der Waals surface area contributed by atoms with Gasteiger partial charge in [-0.05, 0) is 27.7 Å². The molecule has 0 spiro atoms. The van der Waals surface area contributed by atoms with Gasteiger partial charge in [0.25, 0.3) is 0 Å². The van der Waals surface area contributed by atoms with Crippen LogP contribution in [0.5, 0.6) is 0 Å². The molecular weight excluding hydrogens is 180 g/mol. The van der Waals surface area contributed by atoms with Gasteiger partial charge in [0, 0.05) is 0 Å². The van der Waals surface area contributed by atoms with Crippen LogP contribution in [0.4, 0.5) is 0 Å². The summed E-state index contributed by atoms with van der Waals surface area (Å²) < 4.78 is 25.3. The van der Waals surface area contributed by atoms with E-state index in [-0.39, 0.29) is 19.0 Å². The highest BCUT2D eigenvalue weighted by Gasteiger charge is 2.04. The van der Waals surface area contributed by atoms with E-state index in [0.29, 0.717) is 0 Å². The molecule has 0 aromatic rings. The van der Waals surface area contributed by atoms with E-state index in [0.717, 1.165) is 0 Å². The van der Waals surface area contributed by atoms with Crippen LogP contribution in [0.1, 0.15) is 27.7 Å². The van der Waals surface area contributed by atoms with Crippen LogP contribution in [0.25, 0.3) is 0 Å². The summed E-state index contributed by atoms with van der Waals surface area (Å²) in [4.78, 5) is 0. The summed E-state index contributed by atoms with van der Waals surface area (Å²) in [5, 5.41) is 0. The molecule has 5 heteroatoms. The van der Waals surface area contributed by atoms with Gasteiger partial charge in [0.1, 0.15) is 0 Å². The molecule has 0 aliphatic rings. The van der Waals surface area contributed by atoms with Gasteiger partial charge in [-0.15, -0.1) is 0 Å². The van der Waals surface area contributed by atoms with Crippen LogP contribution >= 0.6 is 0 Å². The summed E-state index contributed by atoms with van der Waals surface area (Å²) in [6.07, 6.45) is -0.0362. The van der Waals surface area contributed by atoms with Crippen LogP contribution in [-0.4, -0.2) is 23.2 Å². The number of ether oxygens (including phenoxy) is 1. The van der Waals surface area contributed by atoms with Gasteiger partial charge in [0.2, 0.25) is 0 Å². The largest absolute Gasteiger partial charge is 0.351 e. The maximum atomic E-state index is 10.8. The fourth-order valence-electron chi connectivity index (χ4n) is 0.388. The monoisotopic (exact) mass is 196 g/mol. The van der Waals surface area contributed by atoms with Crippen molar-refractivity contribution in [3.63, 3.8) is 0 Å². The molecule has 0 saturated carbocycles. The molecule has 0 aromatic carbocycles. The van der Waals surface area contributed by atoms with E-state index in [9.17, 15) is 4.21 Å². The smallest absolute Gasteiger partial charge is 0.307 e. The van der Waals surface area contributed by atoms with Crippen molar-refractivity contribution in [3.8, 4) is 0 Å². The first-order valence-electron chi connectivity index (χ1n) is 3.86. The predicted molar refractivity (Wildman–Crippen MR) is 46.5 cm³/mol. The summed E-state index contributed by atoms with van der Waals surface area (Å²) in [7, 11) is 0. The Kier molecular flexibility index (Phi) is 6.55. The lowest BCUT2D eigenvalue weighted by molar-refractivity contribution is -0.0205. The zero-order valence-corrected chi connectivity index (χ0v) is 8.72. The van der Waals surface area contributed by atoms with Crippen LogP contribution in [0.2, 0.25) is 0 Å². The van der Waals surface area contributed by atoms with E-state index < -0.39 is 11.4 Å². The van der Waals surface area contributed by atoms with Gasteiger partial charge in [0.15, 0.2) is 6.79 Å². The molecule has 1 atom stereocenters. The van der Waals surface area contributed by atoms with Crippen molar-refractivity contribution >= 4 is 11.4 Å². The second-order valence-electron chi connectivity index (χ2n) is 2.80. The summed E-state index contributed by atoms with van der Waals surface area (Å²) >= 11 is -1.69. The van der Waals surface area contributed by atoms with Crippen molar-refractivity contribution in [2.45, 2.75) is 39.9 Å². The van der Waals surface area contributed by atoms with E-state index in [4.69, 9.17) is 13.1 Å². The number of rotatable bonds is 6. The molecule has 0 aromatic heterocycles. The van der Waals surface area contributed by atoms with Crippen LogP contribution < -0.4 is 0 Å². The molecule has 74 valence electrons. The van der Waals surface area contributed by atoms with Gasteiger partial charge in [-0.25, -0.2) is 4.18 Å². The molecule has 0 heterocycles. The highest BCUT2D eigenvalue weighted by Crippen LogP contribution is 1.97. The SMILES string of the molecule is CC(C)OCOS(=O)OC(C)C. The van der Waals surface area contributed by atoms with Crippen molar-refractivity contribution in [2.75, 3.05) is 6.79 Å². The van der Waals surface area contributed by atoms with E-state index in [2.05, 4.69) is 0 Å². The summed E-state index contributed by atoms with van der Waals surface area (Å²) in [5.41, 5.74) is 0.